The van der Waals surface area contributed by atoms with Crippen LogP contribution in [0.1, 0.15) is 11.1 Å². The summed E-state index contributed by atoms with van der Waals surface area (Å²) in [5, 5.41) is 11.2. The van der Waals surface area contributed by atoms with E-state index in [0.29, 0.717) is 15.8 Å². The second kappa shape index (κ2) is 8.77. The molecule has 1 saturated heterocycles. The Kier molecular flexibility index (Phi) is 5.79. The van der Waals surface area contributed by atoms with Gasteiger partial charge in [-0.25, -0.2) is 4.99 Å². The van der Waals surface area contributed by atoms with E-state index in [1.165, 1.54) is 11.8 Å². The van der Waals surface area contributed by atoms with Gasteiger partial charge in [-0.15, -0.1) is 0 Å². The van der Waals surface area contributed by atoms with Crippen molar-refractivity contribution in [3.05, 3.63) is 81.7 Å². The predicted molar refractivity (Wildman–Crippen MR) is 140 cm³/mol. The highest BCUT2D eigenvalue weighted by Gasteiger charge is 2.40. The maximum absolute atomic E-state index is 13.8. The van der Waals surface area contributed by atoms with E-state index in [1.54, 1.807) is 48.0 Å². The molecular formula is C26H23N3O3S2. The quantitative estimate of drug-likeness (QED) is 0.442. The third-order valence-corrected chi connectivity index (χ3v) is 8.09. The molecule has 2 aliphatic rings. The number of phenolic OH excluding ortho intramolecular Hbond substituents is 1. The van der Waals surface area contributed by atoms with Gasteiger partial charge in [-0.3, -0.25) is 9.69 Å². The second-order valence-corrected chi connectivity index (χ2v) is 10.1. The van der Waals surface area contributed by atoms with Crippen molar-refractivity contribution in [2.24, 2.45) is 4.99 Å². The third kappa shape index (κ3) is 3.93. The fourth-order valence-electron chi connectivity index (χ4n) is 3.89. The number of phenols is 1. The summed E-state index contributed by atoms with van der Waals surface area (Å²) < 4.78 is 5.39. The van der Waals surface area contributed by atoms with Crippen LogP contribution in [0.2, 0.25) is 0 Å². The Hall–Kier alpha value is -3.36. The van der Waals surface area contributed by atoms with E-state index in [4.69, 9.17) is 9.73 Å². The highest BCUT2D eigenvalue weighted by Crippen LogP contribution is 2.51. The first-order chi connectivity index (χ1) is 16.4. The lowest BCUT2D eigenvalue weighted by molar-refractivity contribution is -0.113. The standard InChI is InChI=1S/C26H23N3O3S2/c1-15-5-11-20(16(2)13-15)27-26-29(17-6-8-18(30)9-7-17)24(31)23(34-26)25-28(3)21-14-19(32-4)10-12-22(21)33-25/h5-14,30H,1-4H3/b25-23-,27-26?. The molecule has 0 spiro atoms. The second-order valence-electron chi connectivity index (χ2n) is 8.07. The summed E-state index contributed by atoms with van der Waals surface area (Å²) in [6.07, 6.45) is 0. The van der Waals surface area contributed by atoms with Gasteiger partial charge < -0.3 is 14.7 Å². The van der Waals surface area contributed by atoms with Crippen molar-refractivity contribution in [1.82, 2.24) is 0 Å². The minimum absolute atomic E-state index is 0.143. The first kappa shape index (κ1) is 22.4. The molecule has 1 N–H and O–H groups in total. The van der Waals surface area contributed by atoms with Crippen molar-refractivity contribution in [3.63, 3.8) is 0 Å². The lowest BCUT2D eigenvalue weighted by Crippen LogP contribution is -2.29. The number of rotatable bonds is 3. The van der Waals surface area contributed by atoms with Gasteiger partial charge in [-0.2, -0.15) is 0 Å². The number of carbonyl (C=O) groups is 1. The normalized spacial score (nSPS) is 18.7. The molecule has 3 aromatic carbocycles. The summed E-state index contributed by atoms with van der Waals surface area (Å²) in [5.41, 5.74) is 4.66. The van der Waals surface area contributed by atoms with Crippen LogP contribution in [0.25, 0.3) is 0 Å². The highest BCUT2D eigenvalue weighted by atomic mass is 32.2. The number of fused-ring (bicyclic) bond motifs is 1. The van der Waals surface area contributed by atoms with Crippen LogP contribution in [-0.4, -0.2) is 30.3 Å². The first-order valence-corrected chi connectivity index (χ1v) is 12.3. The topological polar surface area (TPSA) is 65.4 Å². The molecule has 3 aromatic rings. The highest BCUT2D eigenvalue weighted by molar-refractivity contribution is 8.20. The number of nitrogens with zero attached hydrogens (tertiary/aromatic N) is 3. The van der Waals surface area contributed by atoms with Crippen molar-refractivity contribution in [3.8, 4) is 11.5 Å². The number of amidine groups is 1. The van der Waals surface area contributed by atoms with Crippen LogP contribution in [0, 0.1) is 13.8 Å². The van der Waals surface area contributed by atoms with Crippen LogP contribution in [0.3, 0.4) is 0 Å². The van der Waals surface area contributed by atoms with Crippen molar-refractivity contribution < 1.29 is 14.6 Å². The fraction of sp³-hybridized carbons (Fsp3) is 0.154. The third-order valence-electron chi connectivity index (χ3n) is 5.69. The van der Waals surface area contributed by atoms with Gasteiger partial charge in [0, 0.05) is 18.0 Å². The largest absolute Gasteiger partial charge is 0.508 e. The average molecular weight is 490 g/mol. The molecule has 0 aliphatic carbocycles. The molecule has 2 heterocycles. The number of aryl methyl sites for hydroxylation is 2. The van der Waals surface area contributed by atoms with Gasteiger partial charge in [0.25, 0.3) is 5.91 Å². The molecule has 0 aromatic heterocycles. The maximum Gasteiger partial charge on any atom is 0.274 e. The molecule has 1 amide bonds. The van der Waals surface area contributed by atoms with E-state index in [-0.39, 0.29) is 11.7 Å². The van der Waals surface area contributed by atoms with Crippen molar-refractivity contribution in [2.45, 2.75) is 18.7 Å². The molecule has 172 valence electrons. The number of hydrogen-bond acceptors (Lipinski definition) is 7. The van der Waals surface area contributed by atoms with Gasteiger partial charge in [-0.1, -0.05) is 29.5 Å². The Labute approximate surface area is 206 Å². The summed E-state index contributed by atoms with van der Waals surface area (Å²) in [7, 11) is 3.60. The maximum atomic E-state index is 13.8. The summed E-state index contributed by atoms with van der Waals surface area (Å²) >= 11 is 2.93. The van der Waals surface area contributed by atoms with Crippen LogP contribution in [-0.2, 0) is 4.79 Å². The number of aromatic hydroxyl groups is 1. The molecule has 6 nitrogen and oxygen atoms in total. The van der Waals surface area contributed by atoms with Crippen molar-refractivity contribution >= 4 is 51.7 Å². The van der Waals surface area contributed by atoms with Crippen LogP contribution in [0.15, 0.2) is 80.5 Å². The molecule has 2 aliphatic heterocycles. The SMILES string of the molecule is COc1ccc2c(c1)N(C)/C(=C1/SC(=Nc3ccc(C)cc3C)N(c3ccc(O)cc3)C1=O)S2. The summed E-state index contributed by atoms with van der Waals surface area (Å²) in [6, 6.07) is 18.6. The van der Waals surface area contributed by atoms with E-state index in [0.717, 1.165) is 38.2 Å². The Morgan fingerprint density at radius 1 is 0.971 bits per heavy atom. The lowest BCUT2D eigenvalue weighted by atomic mass is 10.1. The summed E-state index contributed by atoms with van der Waals surface area (Å²) in [6.45, 7) is 4.06. The van der Waals surface area contributed by atoms with Crippen LogP contribution >= 0.6 is 23.5 Å². The lowest BCUT2D eigenvalue weighted by Gasteiger charge is -2.17. The first-order valence-electron chi connectivity index (χ1n) is 10.7. The minimum atomic E-state index is -0.145. The minimum Gasteiger partial charge on any atom is -0.508 e. The number of benzene rings is 3. The Balaban J connectivity index is 1.61. The van der Waals surface area contributed by atoms with E-state index in [2.05, 4.69) is 6.07 Å². The zero-order valence-electron chi connectivity index (χ0n) is 19.2. The zero-order chi connectivity index (χ0) is 24.0. The number of anilines is 2. The Bertz CT molecular complexity index is 1370. The summed E-state index contributed by atoms with van der Waals surface area (Å²) in [5.74, 6) is 0.768. The number of ether oxygens (including phenoxy) is 1. The Morgan fingerprint density at radius 2 is 1.74 bits per heavy atom. The molecule has 5 rings (SSSR count). The Morgan fingerprint density at radius 3 is 2.44 bits per heavy atom. The van der Waals surface area contributed by atoms with Gasteiger partial charge >= 0.3 is 0 Å². The molecule has 0 unspecified atom stereocenters. The molecule has 0 atom stereocenters. The van der Waals surface area contributed by atoms with Crippen molar-refractivity contribution in [2.75, 3.05) is 24.0 Å². The predicted octanol–water partition coefficient (Wildman–Crippen LogP) is 6.20. The number of aliphatic imine (C=N–C) groups is 1. The van der Waals surface area contributed by atoms with Crippen LogP contribution in [0.5, 0.6) is 11.5 Å². The van der Waals surface area contributed by atoms with Gasteiger partial charge in [0.15, 0.2) is 5.17 Å². The van der Waals surface area contributed by atoms with E-state index < -0.39 is 0 Å². The fourth-order valence-corrected chi connectivity index (χ4v) is 6.21. The molecular weight excluding hydrogens is 466 g/mol. The van der Waals surface area contributed by atoms with Gasteiger partial charge in [0.05, 0.1) is 29.2 Å². The van der Waals surface area contributed by atoms with Gasteiger partial charge in [0.1, 0.15) is 16.4 Å². The van der Waals surface area contributed by atoms with Gasteiger partial charge in [0.2, 0.25) is 0 Å². The van der Waals surface area contributed by atoms with E-state index in [9.17, 15) is 9.90 Å². The van der Waals surface area contributed by atoms with E-state index >= 15 is 0 Å². The van der Waals surface area contributed by atoms with Crippen LogP contribution in [0.4, 0.5) is 17.1 Å². The van der Waals surface area contributed by atoms with Crippen molar-refractivity contribution in [1.29, 1.82) is 0 Å². The molecule has 0 radical (unpaired) electrons. The van der Waals surface area contributed by atoms with Crippen LogP contribution < -0.4 is 14.5 Å². The number of methoxy groups -OCH3 is 1. The monoisotopic (exact) mass is 489 g/mol. The molecule has 0 saturated carbocycles. The molecule has 8 heteroatoms. The number of hydrogen-bond donors (Lipinski definition) is 1. The molecule has 0 bridgehead atoms. The molecule has 34 heavy (non-hydrogen) atoms. The average Bonchev–Trinajstić information content (AvgIpc) is 3.32. The number of thioether (sulfide) groups is 2. The zero-order valence-corrected chi connectivity index (χ0v) is 20.8. The van der Waals surface area contributed by atoms with E-state index in [1.807, 2.05) is 56.1 Å². The van der Waals surface area contributed by atoms with Gasteiger partial charge in [-0.05, 0) is 73.6 Å². The summed E-state index contributed by atoms with van der Waals surface area (Å²) in [4.78, 5) is 24.0. The number of amides is 1. The molecule has 1 fully saturated rings. The smallest absolute Gasteiger partial charge is 0.274 e. The number of carbonyl (C=O) groups excluding carboxylic acids is 1.